The van der Waals surface area contributed by atoms with Gasteiger partial charge in [0.05, 0.1) is 5.56 Å². The Morgan fingerprint density at radius 2 is 1.76 bits per heavy atom. The summed E-state index contributed by atoms with van der Waals surface area (Å²) >= 11 is 0. The predicted molar refractivity (Wildman–Crippen MR) is 81.7 cm³/mol. The molecule has 0 fully saturated rings. The summed E-state index contributed by atoms with van der Waals surface area (Å²) in [5.41, 5.74) is 9.03. The fourth-order valence-corrected chi connectivity index (χ4v) is 2.35. The van der Waals surface area contributed by atoms with E-state index in [-0.39, 0.29) is 5.91 Å². The standard InChI is InChI=1S/C17H16N2O2/c18-9-12-5-1-2-6-13(12)10-19-17(20)15-11-21-16-8-4-3-7-14(15)16/h1-8,11H,9-10,18H2,(H,19,20). The van der Waals surface area contributed by atoms with Crippen molar-refractivity contribution in [3.63, 3.8) is 0 Å². The van der Waals surface area contributed by atoms with Crippen LogP contribution < -0.4 is 11.1 Å². The van der Waals surface area contributed by atoms with Crippen LogP contribution in [0.3, 0.4) is 0 Å². The molecule has 3 aromatic rings. The molecule has 3 N–H and O–H groups in total. The summed E-state index contributed by atoms with van der Waals surface area (Å²) in [4.78, 5) is 12.3. The van der Waals surface area contributed by atoms with Crippen LogP contribution in [0.5, 0.6) is 0 Å². The highest BCUT2D eigenvalue weighted by atomic mass is 16.3. The van der Waals surface area contributed by atoms with E-state index < -0.39 is 0 Å². The summed E-state index contributed by atoms with van der Waals surface area (Å²) in [6, 6.07) is 15.3. The van der Waals surface area contributed by atoms with Gasteiger partial charge in [0.1, 0.15) is 11.8 Å². The van der Waals surface area contributed by atoms with Gasteiger partial charge in [-0.05, 0) is 17.2 Å². The Bertz CT molecular complexity index is 777. The van der Waals surface area contributed by atoms with Gasteiger partial charge in [-0.25, -0.2) is 0 Å². The number of fused-ring (bicyclic) bond motifs is 1. The SMILES string of the molecule is NCc1ccccc1CNC(=O)c1coc2ccccc12. The van der Waals surface area contributed by atoms with E-state index in [9.17, 15) is 4.79 Å². The number of amides is 1. The fraction of sp³-hybridized carbons (Fsp3) is 0.118. The number of hydrogen-bond donors (Lipinski definition) is 2. The maximum Gasteiger partial charge on any atom is 0.255 e. The highest BCUT2D eigenvalue weighted by Crippen LogP contribution is 2.20. The highest BCUT2D eigenvalue weighted by Gasteiger charge is 2.13. The molecule has 0 aliphatic carbocycles. The Kier molecular flexibility index (Phi) is 3.71. The Morgan fingerprint density at radius 3 is 2.57 bits per heavy atom. The number of benzene rings is 2. The van der Waals surface area contributed by atoms with Crippen molar-refractivity contribution in [2.45, 2.75) is 13.1 Å². The van der Waals surface area contributed by atoms with E-state index >= 15 is 0 Å². The molecular weight excluding hydrogens is 264 g/mol. The minimum absolute atomic E-state index is 0.147. The summed E-state index contributed by atoms with van der Waals surface area (Å²) in [7, 11) is 0. The molecule has 4 heteroatoms. The quantitative estimate of drug-likeness (QED) is 0.772. The monoisotopic (exact) mass is 280 g/mol. The number of hydrogen-bond acceptors (Lipinski definition) is 3. The van der Waals surface area contributed by atoms with Crippen molar-refractivity contribution in [1.82, 2.24) is 5.32 Å². The predicted octanol–water partition coefficient (Wildman–Crippen LogP) is 2.82. The molecule has 0 radical (unpaired) electrons. The van der Waals surface area contributed by atoms with Crippen LogP contribution in [-0.4, -0.2) is 5.91 Å². The van der Waals surface area contributed by atoms with Crippen LogP contribution >= 0.6 is 0 Å². The van der Waals surface area contributed by atoms with E-state index in [0.29, 0.717) is 24.2 Å². The largest absolute Gasteiger partial charge is 0.463 e. The van der Waals surface area contributed by atoms with Gasteiger partial charge < -0.3 is 15.5 Å². The average molecular weight is 280 g/mol. The van der Waals surface area contributed by atoms with E-state index in [1.807, 2.05) is 48.5 Å². The van der Waals surface area contributed by atoms with Gasteiger partial charge in [-0.2, -0.15) is 0 Å². The van der Waals surface area contributed by atoms with Crippen LogP contribution in [0.1, 0.15) is 21.5 Å². The second-order valence-electron chi connectivity index (χ2n) is 4.80. The van der Waals surface area contributed by atoms with Crippen molar-refractivity contribution in [3.05, 3.63) is 71.5 Å². The first kappa shape index (κ1) is 13.4. The topological polar surface area (TPSA) is 68.3 Å². The van der Waals surface area contributed by atoms with Crippen LogP contribution in [-0.2, 0) is 13.1 Å². The van der Waals surface area contributed by atoms with Crippen LogP contribution in [0, 0.1) is 0 Å². The number of carbonyl (C=O) groups excluding carboxylic acids is 1. The zero-order chi connectivity index (χ0) is 14.7. The molecule has 106 valence electrons. The number of nitrogens with two attached hydrogens (primary N) is 1. The maximum atomic E-state index is 12.3. The lowest BCUT2D eigenvalue weighted by Gasteiger charge is -2.08. The van der Waals surface area contributed by atoms with Crippen molar-refractivity contribution >= 4 is 16.9 Å². The third kappa shape index (κ3) is 2.66. The van der Waals surface area contributed by atoms with E-state index in [4.69, 9.17) is 10.2 Å². The smallest absolute Gasteiger partial charge is 0.255 e. The molecule has 0 atom stereocenters. The Balaban J connectivity index is 1.78. The second kappa shape index (κ2) is 5.81. The number of para-hydroxylation sites is 1. The number of carbonyl (C=O) groups is 1. The van der Waals surface area contributed by atoms with Gasteiger partial charge in [0.2, 0.25) is 0 Å². The molecule has 0 saturated carbocycles. The minimum atomic E-state index is -0.147. The van der Waals surface area contributed by atoms with E-state index in [1.54, 1.807) is 0 Å². The first-order chi connectivity index (χ1) is 10.3. The van der Waals surface area contributed by atoms with Gasteiger partial charge in [0, 0.05) is 18.5 Å². The molecule has 1 heterocycles. The summed E-state index contributed by atoms with van der Waals surface area (Å²) in [6.45, 7) is 0.909. The van der Waals surface area contributed by atoms with Crippen molar-refractivity contribution in [1.29, 1.82) is 0 Å². The lowest BCUT2D eigenvalue weighted by molar-refractivity contribution is 0.0951. The van der Waals surface area contributed by atoms with Crippen LogP contribution in [0.4, 0.5) is 0 Å². The van der Waals surface area contributed by atoms with Crippen LogP contribution in [0.25, 0.3) is 11.0 Å². The molecule has 0 bridgehead atoms. The van der Waals surface area contributed by atoms with Gasteiger partial charge in [-0.15, -0.1) is 0 Å². The highest BCUT2D eigenvalue weighted by molar-refractivity contribution is 6.05. The number of nitrogens with one attached hydrogen (secondary N) is 1. The summed E-state index contributed by atoms with van der Waals surface area (Å²) in [5, 5.41) is 3.74. The third-order valence-electron chi connectivity index (χ3n) is 3.50. The van der Waals surface area contributed by atoms with Gasteiger partial charge in [0.25, 0.3) is 5.91 Å². The van der Waals surface area contributed by atoms with Crippen molar-refractivity contribution in [2.24, 2.45) is 5.73 Å². The average Bonchev–Trinajstić information content (AvgIpc) is 2.97. The third-order valence-corrected chi connectivity index (χ3v) is 3.50. The van der Waals surface area contributed by atoms with Gasteiger partial charge >= 0.3 is 0 Å². The summed E-state index contributed by atoms with van der Waals surface area (Å²) < 4.78 is 5.39. The Hall–Kier alpha value is -2.59. The molecular formula is C17H16N2O2. The zero-order valence-corrected chi connectivity index (χ0v) is 11.5. The molecule has 0 saturated heterocycles. The molecule has 0 spiro atoms. The molecule has 4 nitrogen and oxygen atoms in total. The van der Waals surface area contributed by atoms with Gasteiger partial charge in [-0.1, -0.05) is 42.5 Å². The zero-order valence-electron chi connectivity index (χ0n) is 11.5. The van der Waals surface area contributed by atoms with Crippen molar-refractivity contribution in [2.75, 3.05) is 0 Å². The Morgan fingerprint density at radius 1 is 1.05 bits per heavy atom. The number of rotatable bonds is 4. The summed E-state index contributed by atoms with van der Waals surface area (Å²) in [5.74, 6) is -0.147. The molecule has 1 amide bonds. The first-order valence-electron chi connectivity index (χ1n) is 6.81. The van der Waals surface area contributed by atoms with Gasteiger partial charge in [-0.3, -0.25) is 4.79 Å². The van der Waals surface area contributed by atoms with Crippen LogP contribution in [0.2, 0.25) is 0 Å². The molecule has 2 aromatic carbocycles. The fourth-order valence-electron chi connectivity index (χ4n) is 2.35. The maximum absolute atomic E-state index is 12.3. The molecule has 21 heavy (non-hydrogen) atoms. The van der Waals surface area contributed by atoms with E-state index in [0.717, 1.165) is 16.5 Å². The van der Waals surface area contributed by atoms with Gasteiger partial charge in [0.15, 0.2) is 0 Å². The second-order valence-corrected chi connectivity index (χ2v) is 4.80. The lowest BCUT2D eigenvalue weighted by Crippen LogP contribution is -2.23. The number of furan rings is 1. The van der Waals surface area contributed by atoms with E-state index in [2.05, 4.69) is 5.32 Å². The first-order valence-corrected chi connectivity index (χ1v) is 6.81. The normalized spacial score (nSPS) is 10.7. The molecule has 0 aliphatic rings. The molecule has 0 aliphatic heterocycles. The van der Waals surface area contributed by atoms with E-state index in [1.165, 1.54) is 6.26 Å². The lowest BCUT2D eigenvalue weighted by atomic mass is 10.1. The van der Waals surface area contributed by atoms with Crippen molar-refractivity contribution < 1.29 is 9.21 Å². The molecule has 1 aromatic heterocycles. The minimum Gasteiger partial charge on any atom is -0.463 e. The van der Waals surface area contributed by atoms with Crippen LogP contribution in [0.15, 0.2) is 59.2 Å². The van der Waals surface area contributed by atoms with Crippen molar-refractivity contribution in [3.8, 4) is 0 Å². The molecule has 3 rings (SSSR count). The summed E-state index contributed by atoms with van der Waals surface area (Å²) in [6.07, 6.45) is 1.49. The molecule has 0 unspecified atom stereocenters. The Labute approximate surface area is 122 Å².